The number of sulfonamides is 1. The average Bonchev–Trinajstić information content (AvgIpc) is 2.83. The van der Waals surface area contributed by atoms with E-state index in [4.69, 9.17) is 0 Å². The SMILES string of the molecule is Cc1cc(Br)c(NS(=O)(=O)c2ccsc2CO)c(Br)c1. The second-order valence-electron chi connectivity index (χ2n) is 4.08. The van der Waals surface area contributed by atoms with Crippen LogP contribution in [0, 0.1) is 6.92 Å². The van der Waals surface area contributed by atoms with Gasteiger partial charge in [0.25, 0.3) is 10.0 Å². The van der Waals surface area contributed by atoms with Crippen LogP contribution in [0.15, 0.2) is 37.4 Å². The van der Waals surface area contributed by atoms with Crippen molar-refractivity contribution in [1.29, 1.82) is 0 Å². The fourth-order valence-electron chi connectivity index (χ4n) is 1.67. The summed E-state index contributed by atoms with van der Waals surface area (Å²) in [6, 6.07) is 5.13. The normalized spacial score (nSPS) is 11.6. The second-order valence-corrected chi connectivity index (χ2v) is 8.44. The summed E-state index contributed by atoms with van der Waals surface area (Å²) in [5.41, 5.74) is 1.43. The predicted molar refractivity (Wildman–Crippen MR) is 87.6 cm³/mol. The lowest BCUT2D eigenvalue weighted by Gasteiger charge is -2.12. The lowest BCUT2D eigenvalue weighted by Crippen LogP contribution is -2.14. The van der Waals surface area contributed by atoms with Gasteiger partial charge in [-0.15, -0.1) is 11.3 Å². The summed E-state index contributed by atoms with van der Waals surface area (Å²) in [6.45, 7) is 1.61. The van der Waals surface area contributed by atoms with Crippen LogP contribution in [-0.4, -0.2) is 13.5 Å². The molecule has 2 N–H and O–H groups in total. The van der Waals surface area contributed by atoms with E-state index in [0.717, 1.165) is 5.56 Å². The maximum Gasteiger partial charge on any atom is 0.263 e. The number of aryl methyl sites for hydroxylation is 1. The van der Waals surface area contributed by atoms with E-state index in [1.54, 1.807) is 5.38 Å². The van der Waals surface area contributed by atoms with E-state index in [-0.39, 0.29) is 11.5 Å². The van der Waals surface area contributed by atoms with Gasteiger partial charge >= 0.3 is 0 Å². The largest absolute Gasteiger partial charge is 0.391 e. The molecule has 0 bridgehead atoms. The zero-order chi connectivity index (χ0) is 14.9. The fraction of sp³-hybridized carbons (Fsp3) is 0.167. The molecule has 0 saturated heterocycles. The number of hydrogen-bond donors (Lipinski definition) is 2. The molecule has 0 aliphatic heterocycles. The van der Waals surface area contributed by atoms with E-state index in [9.17, 15) is 13.5 Å². The minimum absolute atomic E-state index is 0.101. The maximum absolute atomic E-state index is 12.4. The number of thiophene rings is 1. The highest BCUT2D eigenvalue weighted by Gasteiger charge is 2.21. The van der Waals surface area contributed by atoms with Crippen molar-refractivity contribution in [3.8, 4) is 0 Å². The Labute approximate surface area is 138 Å². The molecule has 0 unspecified atom stereocenters. The van der Waals surface area contributed by atoms with Crippen molar-refractivity contribution >= 4 is 58.9 Å². The maximum atomic E-state index is 12.4. The van der Waals surface area contributed by atoms with Gasteiger partial charge in [0.15, 0.2) is 0 Å². The second kappa shape index (κ2) is 6.15. The molecule has 1 heterocycles. The van der Waals surface area contributed by atoms with Crippen molar-refractivity contribution in [1.82, 2.24) is 0 Å². The molecule has 0 fully saturated rings. The monoisotopic (exact) mass is 439 g/mol. The number of benzene rings is 1. The summed E-state index contributed by atoms with van der Waals surface area (Å²) < 4.78 is 28.6. The van der Waals surface area contributed by atoms with E-state index in [1.807, 2.05) is 19.1 Å². The number of aliphatic hydroxyl groups is 1. The molecule has 2 rings (SSSR count). The molecule has 0 radical (unpaired) electrons. The van der Waals surface area contributed by atoms with Crippen LogP contribution in [-0.2, 0) is 16.6 Å². The molecule has 20 heavy (non-hydrogen) atoms. The summed E-state index contributed by atoms with van der Waals surface area (Å²) in [4.78, 5) is 0.515. The lowest BCUT2D eigenvalue weighted by atomic mass is 10.2. The van der Waals surface area contributed by atoms with Gasteiger partial charge in [0.05, 0.1) is 17.2 Å². The number of aliphatic hydroxyl groups excluding tert-OH is 1. The molecular formula is C12H11Br2NO3S2. The molecule has 0 atom stereocenters. The van der Waals surface area contributed by atoms with E-state index in [2.05, 4.69) is 36.6 Å². The van der Waals surface area contributed by atoms with Gasteiger partial charge in [-0.1, -0.05) is 0 Å². The van der Waals surface area contributed by atoms with E-state index < -0.39 is 10.0 Å². The van der Waals surface area contributed by atoms with Crippen LogP contribution >= 0.6 is 43.2 Å². The summed E-state index contributed by atoms with van der Waals surface area (Å²) >= 11 is 7.90. The van der Waals surface area contributed by atoms with Gasteiger partial charge in [-0.2, -0.15) is 0 Å². The Balaban J connectivity index is 2.44. The molecule has 108 valence electrons. The van der Waals surface area contributed by atoms with Gasteiger partial charge in [0.1, 0.15) is 4.90 Å². The van der Waals surface area contributed by atoms with Crippen molar-refractivity contribution in [2.24, 2.45) is 0 Å². The fourth-order valence-corrected chi connectivity index (χ4v) is 5.94. The smallest absolute Gasteiger partial charge is 0.263 e. The molecule has 8 heteroatoms. The van der Waals surface area contributed by atoms with Crippen molar-refractivity contribution < 1.29 is 13.5 Å². The molecule has 0 aliphatic rings. The van der Waals surface area contributed by atoms with E-state index in [1.165, 1.54) is 17.4 Å². The molecule has 1 aromatic carbocycles. The molecule has 0 saturated carbocycles. The van der Waals surface area contributed by atoms with E-state index in [0.29, 0.717) is 19.5 Å². The number of hydrogen-bond acceptors (Lipinski definition) is 4. The molecule has 2 aromatic rings. The van der Waals surface area contributed by atoms with Crippen molar-refractivity contribution in [2.45, 2.75) is 18.4 Å². The Bertz CT molecular complexity index is 718. The van der Waals surface area contributed by atoms with Gasteiger partial charge in [0, 0.05) is 8.95 Å². The highest BCUT2D eigenvalue weighted by molar-refractivity contribution is 9.11. The first-order chi connectivity index (χ1) is 9.35. The van der Waals surface area contributed by atoms with Gasteiger partial charge < -0.3 is 5.11 Å². The van der Waals surface area contributed by atoms with Gasteiger partial charge in [-0.3, -0.25) is 4.72 Å². The Morgan fingerprint density at radius 2 is 1.90 bits per heavy atom. The van der Waals surface area contributed by atoms with Crippen LogP contribution in [0.3, 0.4) is 0 Å². The first kappa shape index (κ1) is 16.0. The standard InChI is InChI=1S/C12H11Br2NO3S2/c1-7-4-8(13)12(9(14)5-7)15-20(17,18)11-2-3-19-10(11)6-16/h2-5,15-16H,6H2,1H3. The Morgan fingerprint density at radius 3 is 2.45 bits per heavy atom. The molecule has 0 spiro atoms. The van der Waals surface area contributed by atoms with Crippen LogP contribution < -0.4 is 4.72 Å². The van der Waals surface area contributed by atoms with Gasteiger partial charge in [0.2, 0.25) is 0 Å². The summed E-state index contributed by atoms with van der Waals surface area (Å²) in [7, 11) is -3.73. The zero-order valence-corrected chi connectivity index (χ0v) is 15.2. The van der Waals surface area contributed by atoms with Crippen LogP contribution in [0.4, 0.5) is 5.69 Å². The number of rotatable bonds is 4. The van der Waals surface area contributed by atoms with Gasteiger partial charge in [-0.05, 0) is 67.9 Å². The van der Waals surface area contributed by atoms with E-state index >= 15 is 0 Å². The number of halogens is 2. The van der Waals surface area contributed by atoms with Crippen LogP contribution in [0.1, 0.15) is 10.4 Å². The minimum atomic E-state index is -3.73. The third-order valence-corrected chi connectivity index (χ3v) is 6.28. The highest BCUT2D eigenvalue weighted by Crippen LogP contribution is 2.34. The highest BCUT2D eigenvalue weighted by atomic mass is 79.9. The first-order valence-electron chi connectivity index (χ1n) is 5.51. The topological polar surface area (TPSA) is 66.4 Å². The minimum Gasteiger partial charge on any atom is -0.391 e. The molecule has 1 aromatic heterocycles. The van der Waals surface area contributed by atoms with Crippen LogP contribution in [0.25, 0.3) is 0 Å². The average molecular weight is 441 g/mol. The van der Waals surface area contributed by atoms with Crippen molar-refractivity contribution in [2.75, 3.05) is 4.72 Å². The van der Waals surface area contributed by atoms with Crippen LogP contribution in [0.2, 0.25) is 0 Å². The zero-order valence-electron chi connectivity index (χ0n) is 10.4. The Morgan fingerprint density at radius 1 is 1.30 bits per heavy atom. The van der Waals surface area contributed by atoms with Crippen molar-refractivity contribution in [3.63, 3.8) is 0 Å². The molecule has 0 aliphatic carbocycles. The number of anilines is 1. The molecule has 0 amide bonds. The predicted octanol–water partition coefficient (Wildman–Crippen LogP) is 3.87. The Kier molecular flexibility index (Phi) is 4.91. The third-order valence-electron chi connectivity index (χ3n) is 2.56. The number of nitrogens with one attached hydrogen (secondary N) is 1. The summed E-state index contributed by atoms with van der Waals surface area (Å²) in [6.07, 6.45) is 0. The van der Waals surface area contributed by atoms with Crippen LogP contribution in [0.5, 0.6) is 0 Å². The summed E-state index contributed by atoms with van der Waals surface area (Å²) in [5, 5.41) is 10.8. The van der Waals surface area contributed by atoms with Gasteiger partial charge in [-0.25, -0.2) is 8.42 Å². The van der Waals surface area contributed by atoms with Crippen molar-refractivity contribution in [3.05, 3.63) is 43.0 Å². The quantitative estimate of drug-likeness (QED) is 0.758. The molecular weight excluding hydrogens is 430 g/mol. The third kappa shape index (κ3) is 3.25. The lowest BCUT2D eigenvalue weighted by molar-refractivity contribution is 0.282. The molecule has 4 nitrogen and oxygen atoms in total. The first-order valence-corrected chi connectivity index (χ1v) is 9.45. The summed E-state index contributed by atoms with van der Waals surface area (Å²) in [5.74, 6) is 0. The Hall–Kier alpha value is -0.410.